The molecule has 0 bridgehead atoms. The average molecular weight is 416 g/mol. The van der Waals surface area contributed by atoms with E-state index in [1.165, 1.54) is 23.9 Å². The number of methoxy groups -OCH3 is 1. The molecule has 1 heterocycles. The number of halogens is 1. The number of benzene rings is 2. The van der Waals surface area contributed by atoms with Crippen molar-refractivity contribution in [3.8, 4) is 0 Å². The van der Waals surface area contributed by atoms with Gasteiger partial charge in [-0.05, 0) is 42.5 Å². The van der Waals surface area contributed by atoms with Crippen molar-refractivity contribution in [1.82, 2.24) is 9.78 Å². The Kier molecular flexibility index (Phi) is 6.86. The number of rotatable bonds is 7. The number of nitrogens with zero attached hydrogens (tertiary/aromatic N) is 2. The van der Waals surface area contributed by atoms with Crippen LogP contribution in [-0.4, -0.2) is 29.4 Å². The van der Waals surface area contributed by atoms with Crippen LogP contribution in [0.4, 0.5) is 5.69 Å². The van der Waals surface area contributed by atoms with E-state index in [1.807, 2.05) is 36.4 Å². The molecule has 8 heteroatoms. The molecule has 0 spiro atoms. The van der Waals surface area contributed by atoms with Gasteiger partial charge in [-0.25, -0.2) is 4.68 Å². The van der Waals surface area contributed by atoms with Crippen molar-refractivity contribution < 1.29 is 9.53 Å². The largest absolute Gasteiger partial charge is 0.383 e. The second-order valence-corrected chi connectivity index (χ2v) is 7.31. The lowest BCUT2D eigenvalue weighted by Gasteiger charge is -2.08. The summed E-state index contributed by atoms with van der Waals surface area (Å²) < 4.78 is 6.16. The molecule has 1 aromatic heterocycles. The van der Waals surface area contributed by atoms with Crippen LogP contribution < -0.4 is 10.9 Å². The lowest BCUT2D eigenvalue weighted by molar-refractivity contribution is 0.101. The quantitative estimate of drug-likeness (QED) is 0.632. The number of nitrogens with one attached hydrogen (secondary N) is 1. The number of anilines is 1. The van der Waals surface area contributed by atoms with Crippen molar-refractivity contribution in [3.63, 3.8) is 0 Å². The lowest BCUT2D eigenvalue weighted by atomic mass is 10.3. The van der Waals surface area contributed by atoms with E-state index in [2.05, 4.69) is 10.4 Å². The van der Waals surface area contributed by atoms with Gasteiger partial charge in [0.25, 0.3) is 11.5 Å². The van der Waals surface area contributed by atoms with Crippen molar-refractivity contribution in [1.29, 1.82) is 0 Å². The minimum Gasteiger partial charge on any atom is -0.383 e. The highest BCUT2D eigenvalue weighted by Crippen LogP contribution is 2.33. The monoisotopic (exact) mass is 415 g/mol. The summed E-state index contributed by atoms with van der Waals surface area (Å²) >= 11 is 7.72. The predicted molar refractivity (Wildman–Crippen MR) is 110 cm³/mol. The van der Waals surface area contributed by atoms with Gasteiger partial charge in [-0.15, -0.1) is 0 Å². The van der Waals surface area contributed by atoms with Gasteiger partial charge in [0.2, 0.25) is 0 Å². The molecule has 0 saturated carbocycles. The molecule has 0 fully saturated rings. The molecule has 2 aromatic carbocycles. The predicted octanol–water partition coefficient (Wildman–Crippen LogP) is 3.95. The van der Waals surface area contributed by atoms with Crippen molar-refractivity contribution >= 4 is 35.0 Å². The van der Waals surface area contributed by atoms with Crippen molar-refractivity contribution in [3.05, 3.63) is 81.7 Å². The maximum Gasteiger partial charge on any atom is 0.276 e. The summed E-state index contributed by atoms with van der Waals surface area (Å²) in [6, 6.07) is 17.7. The Balaban J connectivity index is 1.68. The summed E-state index contributed by atoms with van der Waals surface area (Å²) in [7, 11) is 1.54. The molecule has 0 saturated heterocycles. The smallest absolute Gasteiger partial charge is 0.276 e. The van der Waals surface area contributed by atoms with Crippen LogP contribution >= 0.6 is 23.4 Å². The zero-order valence-electron chi connectivity index (χ0n) is 15.1. The van der Waals surface area contributed by atoms with E-state index in [9.17, 15) is 9.59 Å². The first-order valence-corrected chi connectivity index (χ1v) is 9.67. The van der Waals surface area contributed by atoms with Crippen molar-refractivity contribution in [2.75, 3.05) is 19.0 Å². The summed E-state index contributed by atoms with van der Waals surface area (Å²) in [5, 5.41) is 7.56. The number of hydrogen-bond donors (Lipinski definition) is 1. The van der Waals surface area contributed by atoms with Crippen LogP contribution in [0.2, 0.25) is 5.02 Å². The maximum atomic E-state index is 12.4. The van der Waals surface area contributed by atoms with Crippen molar-refractivity contribution in [2.24, 2.45) is 0 Å². The highest BCUT2D eigenvalue weighted by atomic mass is 35.5. The van der Waals surface area contributed by atoms with E-state index in [0.29, 0.717) is 17.3 Å². The molecule has 0 radical (unpaired) electrons. The number of hydrogen-bond acceptors (Lipinski definition) is 5. The molecule has 0 aliphatic heterocycles. The Morgan fingerprint density at radius 2 is 1.89 bits per heavy atom. The van der Waals surface area contributed by atoms with Crippen LogP contribution in [0, 0.1) is 0 Å². The maximum absolute atomic E-state index is 12.4. The number of carbonyl (C=O) groups excluding carboxylic acids is 1. The molecule has 1 N–H and O–H groups in total. The molecule has 144 valence electrons. The van der Waals surface area contributed by atoms with E-state index >= 15 is 0 Å². The topological polar surface area (TPSA) is 73.2 Å². The Morgan fingerprint density at radius 1 is 1.14 bits per heavy atom. The van der Waals surface area contributed by atoms with E-state index < -0.39 is 5.91 Å². The molecule has 3 aromatic rings. The van der Waals surface area contributed by atoms with Crippen LogP contribution in [0.1, 0.15) is 10.5 Å². The van der Waals surface area contributed by atoms with Gasteiger partial charge in [0.05, 0.1) is 18.2 Å². The third-order valence-corrected chi connectivity index (χ3v) is 5.31. The average Bonchev–Trinajstić information content (AvgIpc) is 2.70. The Hall–Kier alpha value is -2.61. The summed E-state index contributed by atoms with van der Waals surface area (Å²) in [5.74, 6) is -0.391. The minimum absolute atomic E-state index is 0.158. The highest BCUT2D eigenvalue weighted by Gasteiger charge is 2.10. The number of amides is 1. The third-order valence-electron chi connectivity index (χ3n) is 3.78. The van der Waals surface area contributed by atoms with Crippen LogP contribution in [0.3, 0.4) is 0 Å². The fourth-order valence-corrected chi connectivity index (χ4v) is 3.45. The van der Waals surface area contributed by atoms with Crippen LogP contribution in [0.25, 0.3) is 0 Å². The first kappa shape index (κ1) is 20.1. The summed E-state index contributed by atoms with van der Waals surface area (Å²) in [4.78, 5) is 26.2. The third kappa shape index (κ3) is 5.22. The van der Waals surface area contributed by atoms with Gasteiger partial charge in [-0.2, -0.15) is 5.10 Å². The van der Waals surface area contributed by atoms with E-state index in [-0.39, 0.29) is 17.8 Å². The molecule has 0 atom stereocenters. The molecular formula is C20H18ClN3O3S. The molecule has 1 amide bonds. The molecule has 0 aliphatic carbocycles. The SMILES string of the molecule is COCCn1nc(C(=O)Nc2ccc(Sc3ccccc3Cl)cc2)ccc1=O. The molecule has 3 rings (SSSR count). The number of ether oxygens (including phenoxy) is 1. The summed E-state index contributed by atoms with van der Waals surface area (Å²) in [5.41, 5.74) is 0.504. The Labute approximate surface area is 171 Å². The number of aromatic nitrogens is 2. The van der Waals surface area contributed by atoms with Crippen LogP contribution in [-0.2, 0) is 11.3 Å². The molecule has 6 nitrogen and oxygen atoms in total. The molecular weight excluding hydrogens is 398 g/mol. The first-order chi connectivity index (χ1) is 13.6. The lowest BCUT2D eigenvalue weighted by Crippen LogP contribution is -2.27. The molecule has 0 unspecified atom stereocenters. The Bertz CT molecular complexity index is 1020. The standard InChI is InChI=1S/C20H18ClN3O3S/c1-27-13-12-24-19(25)11-10-17(23-24)20(26)22-14-6-8-15(9-7-14)28-18-5-3-2-4-16(18)21/h2-11H,12-13H2,1H3,(H,22,26). The molecule has 0 aliphatic rings. The van der Waals surface area contributed by atoms with Gasteiger partial charge < -0.3 is 10.1 Å². The zero-order valence-corrected chi connectivity index (χ0v) is 16.7. The summed E-state index contributed by atoms with van der Waals surface area (Å²) in [6.45, 7) is 0.618. The number of carbonyl (C=O) groups is 1. The second kappa shape index (κ2) is 9.54. The van der Waals surface area contributed by atoms with Gasteiger partial charge in [-0.1, -0.05) is 35.5 Å². The van der Waals surface area contributed by atoms with Gasteiger partial charge in [0.1, 0.15) is 5.69 Å². The van der Waals surface area contributed by atoms with Crippen LogP contribution in [0.5, 0.6) is 0 Å². The van der Waals surface area contributed by atoms with Gasteiger partial charge >= 0.3 is 0 Å². The summed E-state index contributed by atoms with van der Waals surface area (Å²) in [6.07, 6.45) is 0. The first-order valence-electron chi connectivity index (χ1n) is 8.48. The van der Waals surface area contributed by atoms with E-state index in [4.69, 9.17) is 16.3 Å². The van der Waals surface area contributed by atoms with Gasteiger partial charge in [0, 0.05) is 28.7 Å². The van der Waals surface area contributed by atoms with Gasteiger partial charge in [0.15, 0.2) is 0 Å². The fourth-order valence-electron chi connectivity index (χ4n) is 2.36. The van der Waals surface area contributed by atoms with E-state index in [0.717, 1.165) is 9.79 Å². The molecule has 28 heavy (non-hydrogen) atoms. The van der Waals surface area contributed by atoms with Crippen LogP contribution in [0.15, 0.2) is 75.2 Å². The van der Waals surface area contributed by atoms with Gasteiger partial charge in [-0.3, -0.25) is 9.59 Å². The minimum atomic E-state index is -0.391. The highest BCUT2D eigenvalue weighted by molar-refractivity contribution is 7.99. The van der Waals surface area contributed by atoms with Crippen molar-refractivity contribution in [2.45, 2.75) is 16.3 Å². The van der Waals surface area contributed by atoms with E-state index in [1.54, 1.807) is 23.9 Å². The fraction of sp³-hybridized carbons (Fsp3) is 0.150. The Morgan fingerprint density at radius 3 is 2.61 bits per heavy atom. The zero-order chi connectivity index (χ0) is 19.9. The second-order valence-electron chi connectivity index (χ2n) is 5.78. The normalized spacial score (nSPS) is 10.6.